The summed E-state index contributed by atoms with van der Waals surface area (Å²) in [7, 11) is 0. The van der Waals surface area contributed by atoms with Crippen LogP contribution < -0.4 is 10.5 Å². The van der Waals surface area contributed by atoms with Gasteiger partial charge in [0.1, 0.15) is 5.69 Å². The summed E-state index contributed by atoms with van der Waals surface area (Å²) < 4.78 is 0.436. The summed E-state index contributed by atoms with van der Waals surface area (Å²) in [5.41, 5.74) is -0.588. The number of nitro groups is 1. The van der Waals surface area contributed by atoms with Crippen molar-refractivity contribution in [2.75, 3.05) is 18.0 Å². The highest BCUT2D eigenvalue weighted by Gasteiger charge is 2.27. The third-order valence-corrected chi connectivity index (χ3v) is 3.12. The van der Waals surface area contributed by atoms with Gasteiger partial charge in [-0.2, -0.15) is 4.98 Å². The molecule has 8 heteroatoms. The van der Waals surface area contributed by atoms with Crippen molar-refractivity contribution in [1.82, 2.24) is 9.71 Å². The molecule has 0 atom stereocenters. The van der Waals surface area contributed by atoms with E-state index >= 15 is 0 Å². The Morgan fingerprint density at radius 3 is 2.56 bits per heavy atom. The Balaban J connectivity index is 2.57. The molecule has 0 amide bonds. The van der Waals surface area contributed by atoms with Gasteiger partial charge < -0.3 is 10.1 Å². The largest absolute Gasteiger partial charge is 0.425 e. The first-order valence-corrected chi connectivity index (χ1v) is 5.79. The van der Waals surface area contributed by atoms with Crippen molar-refractivity contribution in [2.24, 2.45) is 0 Å². The molecule has 0 aromatic carbocycles. The van der Waals surface area contributed by atoms with Gasteiger partial charge in [-0.15, -0.1) is 4.73 Å². The average molecular weight is 253 g/mol. The fourth-order valence-electron chi connectivity index (χ4n) is 2.16. The lowest BCUT2D eigenvalue weighted by molar-refractivity contribution is -0.385. The summed E-state index contributed by atoms with van der Waals surface area (Å²) in [6, 6.07) is 0. The summed E-state index contributed by atoms with van der Waals surface area (Å²) >= 11 is 0. The van der Waals surface area contributed by atoms with E-state index in [1.165, 1.54) is 6.92 Å². The van der Waals surface area contributed by atoms with E-state index in [0.29, 0.717) is 17.8 Å². The molecule has 1 aromatic heterocycles. The number of hydrogen-bond acceptors (Lipinski definition) is 6. The third-order valence-electron chi connectivity index (χ3n) is 3.12. The Kier molecular flexibility index (Phi) is 3.17. The van der Waals surface area contributed by atoms with E-state index in [0.717, 1.165) is 19.3 Å². The zero-order valence-corrected chi connectivity index (χ0v) is 10.1. The highest BCUT2D eigenvalue weighted by molar-refractivity contribution is 5.59. The molecular weight excluding hydrogens is 238 g/mol. The van der Waals surface area contributed by atoms with Crippen molar-refractivity contribution in [3.05, 3.63) is 21.4 Å². The predicted molar refractivity (Wildman–Crippen MR) is 62.7 cm³/mol. The number of nitrogens with zero attached hydrogens (tertiary/aromatic N) is 4. The molecule has 0 spiro atoms. The maximum atomic E-state index is 11.1. The maximum Gasteiger partial charge on any atom is 0.334 e. The maximum absolute atomic E-state index is 11.1. The monoisotopic (exact) mass is 253 g/mol. The quantitative estimate of drug-likeness (QED) is 0.460. The van der Waals surface area contributed by atoms with Crippen LogP contribution in [0.5, 0.6) is 0 Å². The number of anilines is 1. The van der Waals surface area contributed by atoms with Crippen LogP contribution in [0.3, 0.4) is 0 Å². The predicted octanol–water partition coefficient (Wildman–Crippen LogP) is 0.807. The van der Waals surface area contributed by atoms with Gasteiger partial charge in [-0.3, -0.25) is 15.5 Å². The average Bonchev–Trinajstić information content (AvgIpc) is 2.36. The smallest absolute Gasteiger partial charge is 0.334 e. The molecule has 1 fully saturated rings. The number of piperidine rings is 1. The molecule has 98 valence electrons. The molecule has 1 aliphatic rings. The molecule has 1 aromatic rings. The molecule has 0 saturated carbocycles. The van der Waals surface area contributed by atoms with Crippen molar-refractivity contribution >= 4 is 11.5 Å². The Morgan fingerprint density at radius 1 is 1.39 bits per heavy atom. The Bertz CT molecular complexity index is 533. The van der Waals surface area contributed by atoms with Gasteiger partial charge in [0, 0.05) is 13.1 Å². The summed E-state index contributed by atoms with van der Waals surface area (Å²) in [5.74, 6) is 0.188. The highest BCUT2D eigenvalue weighted by atomic mass is 16.6. The molecule has 0 bridgehead atoms. The first kappa shape index (κ1) is 12.3. The van der Waals surface area contributed by atoms with Crippen molar-refractivity contribution in [3.63, 3.8) is 0 Å². The molecule has 1 saturated heterocycles. The van der Waals surface area contributed by atoms with Crippen molar-refractivity contribution in [1.29, 1.82) is 5.41 Å². The van der Waals surface area contributed by atoms with Crippen LogP contribution in [-0.4, -0.2) is 32.9 Å². The van der Waals surface area contributed by atoms with Gasteiger partial charge in [0.05, 0.1) is 4.92 Å². The molecule has 8 nitrogen and oxygen atoms in total. The molecule has 0 unspecified atom stereocenters. The van der Waals surface area contributed by atoms with Gasteiger partial charge in [0.15, 0.2) is 0 Å². The minimum absolute atomic E-state index is 0.0283. The van der Waals surface area contributed by atoms with E-state index in [1.54, 1.807) is 0 Å². The zero-order chi connectivity index (χ0) is 13.3. The van der Waals surface area contributed by atoms with Crippen LogP contribution in [0.15, 0.2) is 0 Å². The number of hydrogen-bond donors (Lipinski definition) is 2. The topological polar surface area (TPSA) is 108 Å². The van der Waals surface area contributed by atoms with Crippen LogP contribution in [0.4, 0.5) is 11.5 Å². The van der Waals surface area contributed by atoms with Crippen LogP contribution in [0.1, 0.15) is 25.0 Å². The fraction of sp³-hybridized carbons (Fsp3) is 0.600. The molecule has 1 aliphatic heterocycles. The van der Waals surface area contributed by atoms with E-state index in [1.807, 2.05) is 4.90 Å². The number of rotatable bonds is 2. The minimum atomic E-state index is -0.557. The first-order valence-electron chi connectivity index (χ1n) is 5.79. The number of nitrogens with one attached hydrogen (secondary N) is 1. The molecular formula is C10H15N5O3. The van der Waals surface area contributed by atoms with Gasteiger partial charge in [0.2, 0.25) is 5.82 Å². The van der Waals surface area contributed by atoms with E-state index in [2.05, 4.69) is 4.98 Å². The second-order valence-corrected chi connectivity index (χ2v) is 4.31. The molecule has 2 rings (SSSR count). The summed E-state index contributed by atoms with van der Waals surface area (Å²) in [4.78, 5) is 16.2. The Morgan fingerprint density at radius 2 is 2.00 bits per heavy atom. The van der Waals surface area contributed by atoms with E-state index in [4.69, 9.17) is 5.41 Å². The normalized spacial score (nSPS) is 15.7. The Labute approximate surface area is 103 Å². The highest BCUT2D eigenvalue weighted by Crippen LogP contribution is 2.29. The van der Waals surface area contributed by atoms with E-state index < -0.39 is 10.5 Å². The van der Waals surface area contributed by atoms with Crippen LogP contribution in [0.2, 0.25) is 0 Å². The van der Waals surface area contributed by atoms with Crippen molar-refractivity contribution in [3.8, 4) is 0 Å². The fourth-order valence-corrected chi connectivity index (χ4v) is 2.16. The van der Waals surface area contributed by atoms with E-state index in [9.17, 15) is 15.3 Å². The molecule has 0 aliphatic carbocycles. The molecule has 0 radical (unpaired) electrons. The Hall–Kier alpha value is -2.12. The lowest BCUT2D eigenvalue weighted by atomic mass is 10.1. The van der Waals surface area contributed by atoms with Crippen LogP contribution in [0.25, 0.3) is 0 Å². The van der Waals surface area contributed by atoms with E-state index in [-0.39, 0.29) is 17.2 Å². The molecule has 2 heterocycles. The van der Waals surface area contributed by atoms with Crippen molar-refractivity contribution in [2.45, 2.75) is 26.2 Å². The van der Waals surface area contributed by atoms with Gasteiger partial charge in [0.25, 0.3) is 5.62 Å². The molecule has 2 N–H and O–H groups in total. The van der Waals surface area contributed by atoms with Crippen molar-refractivity contribution < 1.29 is 10.1 Å². The lowest BCUT2D eigenvalue weighted by Crippen LogP contribution is -2.35. The zero-order valence-electron chi connectivity index (χ0n) is 10.1. The van der Waals surface area contributed by atoms with Crippen LogP contribution >= 0.6 is 0 Å². The van der Waals surface area contributed by atoms with Gasteiger partial charge in [-0.25, -0.2) is 0 Å². The van der Waals surface area contributed by atoms with Gasteiger partial charge >= 0.3 is 5.69 Å². The summed E-state index contributed by atoms with van der Waals surface area (Å²) in [6.07, 6.45) is 3.02. The van der Waals surface area contributed by atoms with Crippen LogP contribution in [-0.2, 0) is 0 Å². The van der Waals surface area contributed by atoms with Crippen LogP contribution in [0, 0.1) is 22.4 Å². The third kappa shape index (κ3) is 2.01. The molecule has 18 heavy (non-hydrogen) atoms. The summed E-state index contributed by atoms with van der Waals surface area (Å²) in [5, 5.41) is 28.1. The second-order valence-electron chi connectivity index (χ2n) is 4.31. The summed E-state index contributed by atoms with van der Waals surface area (Å²) in [6.45, 7) is 2.80. The van der Waals surface area contributed by atoms with Gasteiger partial charge in [-0.1, -0.05) is 0 Å². The number of aromatic nitrogens is 2. The SMILES string of the molecule is Cc1c([N+](=O)[O-])c(N2CCCCC2)nc(=N)n1O. The van der Waals surface area contributed by atoms with Gasteiger partial charge in [-0.05, 0) is 26.2 Å². The minimum Gasteiger partial charge on any atom is -0.425 e. The lowest BCUT2D eigenvalue weighted by Gasteiger charge is -2.27. The standard InChI is InChI=1S/C10H15N5O3/c1-7-8(15(17)18)9(12-10(11)14(7)16)13-5-3-2-4-6-13/h11,16H,2-6H2,1H3. The first-order chi connectivity index (χ1) is 8.52. The second kappa shape index (κ2) is 4.63.